The quantitative estimate of drug-likeness (QED) is 0.770. The summed E-state index contributed by atoms with van der Waals surface area (Å²) in [5.74, 6) is 0.667. The number of aromatic nitrogens is 2. The fourth-order valence-corrected chi connectivity index (χ4v) is 2.47. The minimum Gasteiger partial charge on any atom is -0.489 e. The number of ether oxygens (including phenoxy) is 2. The lowest BCUT2D eigenvalue weighted by molar-refractivity contribution is -0.274. The van der Waals surface area contributed by atoms with Crippen LogP contribution in [0.15, 0.2) is 36.7 Å². The molecule has 25 heavy (non-hydrogen) atoms. The van der Waals surface area contributed by atoms with Gasteiger partial charge in [-0.3, -0.25) is 4.79 Å². The molecule has 6 nitrogen and oxygen atoms in total. The topological polar surface area (TPSA) is 64.6 Å². The Labute approximate surface area is 141 Å². The number of alkyl halides is 3. The van der Waals surface area contributed by atoms with E-state index in [1.165, 1.54) is 36.7 Å². The molecule has 0 aliphatic carbocycles. The minimum absolute atomic E-state index is 0.135. The lowest BCUT2D eigenvalue weighted by atomic mass is 10.3. The number of halogens is 3. The monoisotopic (exact) mass is 353 g/mol. The number of aldehydes is 1. The second-order valence-electron chi connectivity index (χ2n) is 5.43. The summed E-state index contributed by atoms with van der Waals surface area (Å²) in [5, 5.41) is 0. The number of benzene rings is 1. The van der Waals surface area contributed by atoms with Crippen LogP contribution in [0.5, 0.6) is 11.5 Å². The van der Waals surface area contributed by atoms with E-state index in [9.17, 15) is 18.0 Å². The summed E-state index contributed by atoms with van der Waals surface area (Å²) >= 11 is 0. The zero-order valence-corrected chi connectivity index (χ0v) is 12.9. The average Bonchev–Trinajstić information content (AvgIpc) is 3.04. The first-order valence-electron chi connectivity index (χ1n) is 7.47. The molecule has 1 aromatic heterocycles. The van der Waals surface area contributed by atoms with Gasteiger partial charge in [-0.1, -0.05) is 0 Å². The number of anilines is 1. The maximum absolute atomic E-state index is 12.1. The van der Waals surface area contributed by atoms with Crippen LogP contribution in [-0.2, 0) is 0 Å². The van der Waals surface area contributed by atoms with E-state index < -0.39 is 6.36 Å². The second-order valence-corrected chi connectivity index (χ2v) is 5.43. The molecule has 0 bridgehead atoms. The summed E-state index contributed by atoms with van der Waals surface area (Å²) in [6.45, 7) is 1.22. The van der Waals surface area contributed by atoms with Gasteiger partial charge in [0, 0.05) is 25.4 Å². The molecule has 0 N–H and O–H groups in total. The molecule has 1 atom stereocenters. The third-order valence-corrected chi connectivity index (χ3v) is 3.58. The Kier molecular flexibility index (Phi) is 4.73. The number of hydrogen-bond acceptors (Lipinski definition) is 6. The number of nitrogens with zero attached hydrogens (tertiary/aromatic N) is 3. The van der Waals surface area contributed by atoms with Crippen molar-refractivity contribution in [2.75, 3.05) is 18.0 Å². The van der Waals surface area contributed by atoms with Crippen LogP contribution in [0.3, 0.4) is 0 Å². The molecule has 0 spiro atoms. The number of rotatable bonds is 5. The van der Waals surface area contributed by atoms with Crippen LogP contribution in [0.2, 0.25) is 0 Å². The molecule has 1 fully saturated rings. The zero-order chi connectivity index (χ0) is 17.9. The third kappa shape index (κ3) is 4.59. The SMILES string of the molecule is O=Cc1cnc(N2CCC(Oc3ccc(OC(F)(F)F)cc3)C2)nc1. The summed E-state index contributed by atoms with van der Waals surface area (Å²) < 4.78 is 46.0. The van der Waals surface area contributed by atoms with Crippen molar-refractivity contribution in [1.29, 1.82) is 0 Å². The van der Waals surface area contributed by atoms with E-state index in [0.717, 1.165) is 6.42 Å². The predicted molar refractivity (Wildman–Crippen MR) is 81.8 cm³/mol. The Bertz CT molecular complexity index is 720. The normalized spacial score (nSPS) is 17.4. The van der Waals surface area contributed by atoms with Gasteiger partial charge in [0.2, 0.25) is 5.95 Å². The van der Waals surface area contributed by atoms with Crippen LogP contribution in [0.1, 0.15) is 16.8 Å². The molecule has 1 saturated heterocycles. The maximum Gasteiger partial charge on any atom is 0.573 e. The van der Waals surface area contributed by atoms with Crippen LogP contribution >= 0.6 is 0 Å². The van der Waals surface area contributed by atoms with E-state index in [4.69, 9.17) is 4.74 Å². The van der Waals surface area contributed by atoms with Crippen LogP contribution in [-0.4, -0.2) is 41.8 Å². The number of carbonyl (C=O) groups excluding carboxylic acids is 1. The average molecular weight is 353 g/mol. The molecule has 0 saturated carbocycles. The van der Waals surface area contributed by atoms with Gasteiger partial charge < -0.3 is 14.4 Å². The summed E-state index contributed by atoms with van der Waals surface area (Å²) in [4.78, 5) is 20.8. The smallest absolute Gasteiger partial charge is 0.489 e. The summed E-state index contributed by atoms with van der Waals surface area (Å²) in [7, 11) is 0. The zero-order valence-electron chi connectivity index (χ0n) is 12.9. The van der Waals surface area contributed by atoms with Crippen LogP contribution < -0.4 is 14.4 Å². The largest absolute Gasteiger partial charge is 0.573 e. The van der Waals surface area contributed by atoms with Crippen LogP contribution in [0, 0.1) is 0 Å². The van der Waals surface area contributed by atoms with Gasteiger partial charge >= 0.3 is 6.36 Å². The molecule has 0 radical (unpaired) electrons. The Morgan fingerprint density at radius 3 is 2.36 bits per heavy atom. The van der Waals surface area contributed by atoms with Crippen molar-refractivity contribution in [2.24, 2.45) is 0 Å². The first kappa shape index (κ1) is 17.0. The van der Waals surface area contributed by atoms with Crippen molar-refractivity contribution < 1.29 is 27.4 Å². The molecule has 1 aromatic carbocycles. The molecule has 2 heterocycles. The highest BCUT2D eigenvalue weighted by Crippen LogP contribution is 2.26. The number of hydrogen-bond donors (Lipinski definition) is 0. The predicted octanol–water partition coefficient (Wildman–Crippen LogP) is 2.85. The minimum atomic E-state index is -4.71. The van der Waals surface area contributed by atoms with E-state index in [1.807, 2.05) is 4.90 Å². The molecule has 2 aromatic rings. The van der Waals surface area contributed by atoms with Crippen molar-refractivity contribution in [2.45, 2.75) is 18.9 Å². The highest BCUT2D eigenvalue weighted by atomic mass is 19.4. The summed E-state index contributed by atoms with van der Waals surface area (Å²) in [5.41, 5.74) is 0.400. The van der Waals surface area contributed by atoms with Crippen molar-refractivity contribution >= 4 is 12.2 Å². The van der Waals surface area contributed by atoms with E-state index in [2.05, 4.69) is 14.7 Å². The first-order chi connectivity index (χ1) is 11.9. The maximum atomic E-state index is 12.1. The van der Waals surface area contributed by atoms with E-state index in [-0.39, 0.29) is 11.9 Å². The molecule has 0 amide bonds. The van der Waals surface area contributed by atoms with Gasteiger partial charge in [0.05, 0.1) is 12.1 Å². The highest BCUT2D eigenvalue weighted by molar-refractivity contribution is 5.73. The van der Waals surface area contributed by atoms with Crippen molar-refractivity contribution in [3.8, 4) is 11.5 Å². The van der Waals surface area contributed by atoms with Gasteiger partial charge in [-0.25, -0.2) is 9.97 Å². The highest BCUT2D eigenvalue weighted by Gasteiger charge is 2.31. The van der Waals surface area contributed by atoms with Crippen molar-refractivity contribution in [1.82, 2.24) is 9.97 Å². The van der Waals surface area contributed by atoms with Crippen molar-refractivity contribution in [3.05, 3.63) is 42.2 Å². The first-order valence-corrected chi connectivity index (χ1v) is 7.47. The molecular formula is C16H14F3N3O3. The Balaban J connectivity index is 1.56. The molecule has 1 aliphatic heterocycles. The summed E-state index contributed by atoms with van der Waals surface area (Å²) in [6.07, 6.45) is -0.561. The Hall–Kier alpha value is -2.84. The fourth-order valence-electron chi connectivity index (χ4n) is 2.47. The van der Waals surface area contributed by atoms with Gasteiger partial charge in [0.15, 0.2) is 6.29 Å². The molecule has 9 heteroatoms. The summed E-state index contributed by atoms with van der Waals surface area (Å²) in [6, 6.07) is 5.27. The lowest BCUT2D eigenvalue weighted by Gasteiger charge is -2.17. The molecule has 132 valence electrons. The number of carbonyl (C=O) groups is 1. The Morgan fingerprint density at radius 1 is 1.12 bits per heavy atom. The van der Waals surface area contributed by atoms with Crippen LogP contribution in [0.4, 0.5) is 19.1 Å². The van der Waals surface area contributed by atoms with E-state index in [0.29, 0.717) is 36.6 Å². The lowest BCUT2D eigenvalue weighted by Crippen LogP contribution is -2.26. The van der Waals surface area contributed by atoms with Gasteiger partial charge in [0.1, 0.15) is 17.6 Å². The second kappa shape index (κ2) is 6.96. The molecular weight excluding hydrogens is 339 g/mol. The molecule has 3 rings (SSSR count). The van der Waals surface area contributed by atoms with Crippen molar-refractivity contribution in [3.63, 3.8) is 0 Å². The van der Waals surface area contributed by atoms with Gasteiger partial charge in [-0.2, -0.15) is 0 Å². The van der Waals surface area contributed by atoms with Gasteiger partial charge in [-0.15, -0.1) is 13.2 Å². The third-order valence-electron chi connectivity index (χ3n) is 3.58. The van der Waals surface area contributed by atoms with Crippen LogP contribution in [0.25, 0.3) is 0 Å². The van der Waals surface area contributed by atoms with E-state index >= 15 is 0 Å². The standard InChI is InChI=1S/C16H14F3N3O3/c17-16(18,19)25-13-3-1-12(2-4-13)24-14-5-6-22(9-14)15-20-7-11(10-23)8-21-15/h1-4,7-8,10,14H,5-6,9H2. The molecule has 1 aliphatic rings. The molecule has 1 unspecified atom stereocenters. The fraction of sp³-hybridized carbons (Fsp3) is 0.312. The van der Waals surface area contributed by atoms with Gasteiger partial charge in [0.25, 0.3) is 0 Å². The van der Waals surface area contributed by atoms with Gasteiger partial charge in [-0.05, 0) is 24.3 Å². The van der Waals surface area contributed by atoms with E-state index in [1.54, 1.807) is 0 Å². The Morgan fingerprint density at radius 2 is 1.76 bits per heavy atom.